The number of benzene rings is 3. The van der Waals surface area contributed by atoms with Gasteiger partial charge in [-0.05, 0) is 42.2 Å². The molecule has 35 heavy (non-hydrogen) atoms. The van der Waals surface area contributed by atoms with Crippen LogP contribution in [0.4, 0.5) is 0 Å². The molecule has 5 nitrogen and oxygen atoms in total. The minimum absolute atomic E-state index is 0.0155. The molecule has 0 saturated heterocycles. The van der Waals surface area contributed by atoms with E-state index in [4.69, 9.17) is 9.47 Å². The van der Waals surface area contributed by atoms with Gasteiger partial charge in [0.15, 0.2) is 0 Å². The number of hydrogen-bond acceptors (Lipinski definition) is 5. The molecule has 0 aliphatic rings. The van der Waals surface area contributed by atoms with Crippen LogP contribution in [0, 0.1) is 0 Å². The van der Waals surface area contributed by atoms with E-state index in [2.05, 4.69) is 36.1 Å². The van der Waals surface area contributed by atoms with Gasteiger partial charge in [-0.15, -0.1) is 0 Å². The van der Waals surface area contributed by atoms with Gasteiger partial charge in [-0.25, -0.2) is 4.79 Å². The lowest BCUT2D eigenvalue weighted by Crippen LogP contribution is -2.45. The summed E-state index contributed by atoms with van der Waals surface area (Å²) in [7, 11) is 1.37. The average molecular weight is 474 g/mol. The molecular formula is C30H35NO4. The van der Waals surface area contributed by atoms with E-state index in [1.807, 2.05) is 55.5 Å². The molecule has 0 aliphatic heterocycles. The first kappa shape index (κ1) is 26.2. The van der Waals surface area contributed by atoms with E-state index in [1.165, 1.54) is 7.11 Å². The molecule has 2 atom stereocenters. The smallest absolute Gasteiger partial charge is 0.337 e. The zero-order chi connectivity index (χ0) is 25.0. The molecule has 184 valence electrons. The predicted octanol–water partition coefficient (Wildman–Crippen LogP) is 5.99. The summed E-state index contributed by atoms with van der Waals surface area (Å²) >= 11 is 0. The van der Waals surface area contributed by atoms with Gasteiger partial charge in [0.1, 0.15) is 6.04 Å². The number of nitrogens with zero attached hydrogens (tertiary/aromatic N) is 1. The highest BCUT2D eigenvalue weighted by Gasteiger charge is 2.35. The van der Waals surface area contributed by atoms with Gasteiger partial charge in [-0.3, -0.25) is 9.69 Å². The number of rotatable bonds is 12. The molecule has 0 amide bonds. The van der Waals surface area contributed by atoms with Crippen LogP contribution in [0.15, 0.2) is 84.9 Å². The lowest BCUT2D eigenvalue weighted by Gasteiger charge is -2.36. The van der Waals surface area contributed by atoms with Gasteiger partial charge in [-0.2, -0.15) is 0 Å². The molecule has 0 N–H and O–H groups in total. The third-order valence-corrected chi connectivity index (χ3v) is 6.12. The molecular weight excluding hydrogens is 438 g/mol. The van der Waals surface area contributed by atoms with Crippen molar-refractivity contribution in [1.82, 2.24) is 4.90 Å². The summed E-state index contributed by atoms with van der Waals surface area (Å²) in [5.74, 6) is -0.593. The van der Waals surface area contributed by atoms with E-state index < -0.39 is 6.04 Å². The van der Waals surface area contributed by atoms with Gasteiger partial charge in [0.2, 0.25) is 0 Å². The fraction of sp³-hybridized carbons (Fsp3) is 0.333. The molecule has 0 radical (unpaired) electrons. The molecule has 0 aromatic heterocycles. The molecule has 0 bridgehead atoms. The SMILES string of the molecule is CCC[C@@H](c1ccccc1)[C@@H](C(=O)OCC)N(Cc1ccccc1)Cc1ccc(C(=O)OC)cc1. The molecule has 0 saturated carbocycles. The maximum atomic E-state index is 13.5. The van der Waals surface area contributed by atoms with Crippen LogP contribution in [0.5, 0.6) is 0 Å². The first-order chi connectivity index (χ1) is 17.1. The second-order valence-corrected chi connectivity index (χ2v) is 8.58. The third-order valence-electron chi connectivity index (χ3n) is 6.12. The monoisotopic (exact) mass is 473 g/mol. The van der Waals surface area contributed by atoms with Crippen molar-refractivity contribution in [3.05, 3.63) is 107 Å². The van der Waals surface area contributed by atoms with Crippen molar-refractivity contribution < 1.29 is 19.1 Å². The van der Waals surface area contributed by atoms with Crippen molar-refractivity contribution >= 4 is 11.9 Å². The van der Waals surface area contributed by atoms with Crippen molar-refractivity contribution in [2.24, 2.45) is 0 Å². The Morgan fingerprint density at radius 1 is 0.800 bits per heavy atom. The van der Waals surface area contributed by atoms with Gasteiger partial charge >= 0.3 is 11.9 Å². The Morgan fingerprint density at radius 3 is 1.91 bits per heavy atom. The molecule has 0 spiro atoms. The zero-order valence-corrected chi connectivity index (χ0v) is 20.9. The van der Waals surface area contributed by atoms with Crippen LogP contribution in [0.25, 0.3) is 0 Å². The topological polar surface area (TPSA) is 55.8 Å². The van der Waals surface area contributed by atoms with Crippen LogP contribution in [0.3, 0.4) is 0 Å². The normalized spacial score (nSPS) is 12.7. The fourth-order valence-corrected chi connectivity index (χ4v) is 4.48. The lowest BCUT2D eigenvalue weighted by atomic mass is 9.86. The van der Waals surface area contributed by atoms with Crippen LogP contribution in [-0.4, -0.2) is 36.6 Å². The Labute approximate surface area is 208 Å². The van der Waals surface area contributed by atoms with Crippen LogP contribution in [-0.2, 0) is 27.4 Å². The second-order valence-electron chi connectivity index (χ2n) is 8.58. The average Bonchev–Trinajstić information content (AvgIpc) is 2.89. The largest absolute Gasteiger partial charge is 0.465 e. The summed E-state index contributed by atoms with van der Waals surface area (Å²) < 4.78 is 10.5. The number of ether oxygens (including phenoxy) is 2. The number of methoxy groups -OCH3 is 1. The highest BCUT2D eigenvalue weighted by Crippen LogP contribution is 2.31. The molecule has 3 aromatic carbocycles. The lowest BCUT2D eigenvalue weighted by molar-refractivity contribution is -0.151. The van der Waals surface area contributed by atoms with Crippen molar-refractivity contribution in [1.29, 1.82) is 0 Å². The number of esters is 2. The van der Waals surface area contributed by atoms with Crippen LogP contribution < -0.4 is 0 Å². The first-order valence-electron chi connectivity index (χ1n) is 12.2. The van der Waals surface area contributed by atoms with Gasteiger partial charge < -0.3 is 9.47 Å². The molecule has 0 aliphatic carbocycles. The second kappa shape index (κ2) is 13.4. The minimum Gasteiger partial charge on any atom is -0.465 e. The van der Waals surface area contributed by atoms with Crippen LogP contribution >= 0.6 is 0 Å². The van der Waals surface area contributed by atoms with Crippen molar-refractivity contribution in [2.45, 2.75) is 51.7 Å². The summed E-state index contributed by atoms with van der Waals surface area (Å²) in [6.45, 7) is 5.45. The van der Waals surface area contributed by atoms with Crippen molar-refractivity contribution in [2.75, 3.05) is 13.7 Å². The van der Waals surface area contributed by atoms with Gasteiger partial charge in [0, 0.05) is 19.0 Å². The van der Waals surface area contributed by atoms with E-state index in [1.54, 1.807) is 12.1 Å². The Balaban J connectivity index is 2.02. The van der Waals surface area contributed by atoms with Crippen LogP contribution in [0.1, 0.15) is 59.7 Å². The maximum Gasteiger partial charge on any atom is 0.337 e. The van der Waals surface area contributed by atoms with Gasteiger partial charge in [0.25, 0.3) is 0 Å². The molecule has 3 rings (SSSR count). The standard InChI is InChI=1S/C30H35NO4/c1-4-12-27(25-15-10-7-11-16-25)28(30(33)35-5-2)31(21-23-13-8-6-9-14-23)22-24-17-19-26(20-18-24)29(32)34-3/h6-11,13-20,27-28H,4-5,12,21-22H2,1-3H3/t27-,28-/m0/s1. The fourth-order valence-electron chi connectivity index (χ4n) is 4.48. The summed E-state index contributed by atoms with van der Waals surface area (Å²) in [5.41, 5.74) is 3.76. The maximum absolute atomic E-state index is 13.5. The molecule has 3 aromatic rings. The molecule has 0 heterocycles. The Bertz CT molecular complexity index is 1050. The molecule has 5 heteroatoms. The minimum atomic E-state index is -0.460. The van der Waals surface area contributed by atoms with Crippen molar-refractivity contribution in [3.8, 4) is 0 Å². The molecule has 0 fully saturated rings. The van der Waals surface area contributed by atoms with E-state index in [0.29, 0.717) is 25.3 Å². The number of hydrogen-bond donors (Lipinski definition) is 0. The van der Waals surface area contributed by atoms with Gasteiger partial charge in [-0.1, -0.05) is 86.1 Å². The van der Waals surface area contributed by atoms with Crippen molar-refractivity contribution in [3.63, 3.8) is 0 Å². The predicted molar refractivity (Wildman–Crippen MR) is 138 cm³/mol. The van der Waals surface area contributed by atoms with E-state index in [0.717, 1.165) is 29.5 Å². The zero-order valence-electron chi connectivity index (χ0n) is 20.9. The highest BCUT2D eigenvalue weighted by molar-refractivity contribution is 5.89. The van der Waals surface area contributed by atoms with Crippen LogP contribution in [0.2, 0.25) is 0 Å². The third kappa shape index (κ3) is 7.27. The summed E-state index contributed by atoms with van der Waals surface area (Å²) in [6, 6.07) is 27.3. The van der Waals surface area contributed by atoms with E-state index >= 15 is 0 Å². The summed E-state index contributed by atoms with van der Waals surface area (Å²) in [5, 5.41) is 0. The quantitative estimate of drug-likeness (QED) is 0.302. The molecule has 0 unspecified atom stereocenters. The van der Waals surface area contributed by atoms with E-state index in [9.17, 15) is 9.59 Å². The highest BCUT2D eigenvalue weighted by atomic mass is 16.5. The first-order valence-corrected chi connectivity index (χ1v) is 12.2. The Morgan fingerprint density at radius 2 is 1.37 bits per heavy atom. The Kier molecular flexibility index (Phi) is 10.1. The van der Waals surface area contributed by atoms with E-state index in [-0.39, 0.29) is 17.9 Å². The summed E-state index contributed by atoms with van der Waals surface area (Å²) in [4.78, 5) is 27.6. The summed E-state index contributed by atoms with van der Waals surface area (Å²) in [6.07, 6.45) is 1.81. The number of carbonyl (C=O) groups excluding carboxylic acids is 2. The van der Waals surface area contributed by atoms with Gasteiger partial charge in [0.05, 0.1) is 19.3 Å². The number of carbonyl (C=O) groups is 2. The Hall–Kier alpha value is -3.44.